The van der Waals surface area contributed by atoms with Crippen molar-refractivity contribution in [2.24, 2.45) is 0 Å². The van der Waals surface area contributed by atoms with Crippen LogP contribution in [0.25, 0.3) is 0 Å². The number of aryl methyl sites for hydroxylation is 2. The maximum Gasteiger partial charge on any atom is 0.340 e. The fraction of sp³-hybridized carbons (Fsp3) is 0.273. The van der Waals surface area contributed by atoms with E-state index in [0.717, 1.165) is 0 Å². The van der Waals surface area contributed by atoms with E-state index >= 15 is 0 Å². The van der Waals surface area contributed by atoms with E-state index < -0.39 is 5.97 Å². The van der Waals surface area contributed by atoms with Crippen molar-refractivity contribution in [2.45, 2.75) is 24.8 Å². The molecule has 0 saturated heterocycles. The average molecular weight is 264 g/mol. The number of carboxylic acid groups (broad SMARTS) is 1. The molecule has 0 aliphatic heterocycles. The van der Waals surface area contributed by atoms with E-state index in [9.17, 15) is 9.90 Å². The number of aromatic nitrogens is 4. The molecular weight excluding hydrogens is 252 g/mol. The maximum absolute atomic E-state index is 11.2. The summed E-state index contributed by atoms with van der Waals surface area (Å²) in [7, 11) is 0. The van der Waals surface area contributed by atoms with E-state index in [0.29, 0.717) is 22.4 Å². The highest BCUT2D eigenvalue weighted by molar-refractivity contribution is 7.98. The van der Waals surface area contributed by atoms with Crippen LogP contribution in [0.2, 0.25) is 0 Å². The first-order chi connectivity index (χ1) is 8.58. The Bertz CT molecular complexity index is 569. The van der Waals surface area contributed by atoms with Crippen LogP contribution in [-0.2, 0) is 5.88 Å². The van der Waals surface area contributed by atoms with Gasteiger partial charge in [-0.05, 0) is 19.9 Å². The van der Waals surface area contributed by atoms with Crippen molar-refractivity contribution < 1.29 is 9.90 Å². The first-order valence-electron chi connectivity index (χ1n) is 5.26. The molecule has 0 aliphatic rings. The number of carboxylic acids is 1. The van der Waals surface area contributed by atoms with Gasteiger partial charge >= 0.3 is 5.97 Å². The monoisotopic (exact) mass is 264 g/mol. The van der Waals surface area contributed by atoms with Gasteiger partial charge in [-0.25, -0.2) is 14.8 Å². The zero-order chi connectivity index (χ0) is 13.1. The fourth-order valence-electron chi connectivity index (χ4n) is 1.54. The molecule has 0 unspecified atom stereocenters. The van der Waals surface area contributed by atoms with Gasteiger partial charge in [0.2, 0.25) is 0 Å². The van der Waals surface area contributed by atoms with Crippen LogP contribution in [-0.4, -0.2) is 30.8 Å². The first kappa shape index (κ1) is 12.6. The second kappa shape index (κ2) is 5.18. The van der Waals surface area contributed by atoms with Gasteiger partial charge < -0.3 is 5.11 Å². The molecule has 0 bridgehead atoms. The third kappa shape index (κ3) is 2.67. The second-order valence-electron chi connectivity index (χ2n) is 3.66. The molecule has 0 aliphatic carbocycles. The quantitative estimate of drug-likeness (QED) is 0.669. The summed E-state index contributed by atoms with van der Waals surface area (Å²) in [6.45, 7) is 3.42. The SMILES string of the molecule is Cc1nc(C)c(C(=O)O)c(SCn2cccn2)n1. The normalized spacial score (nSPS) is 10.6. The van der Waals surface area contributed by atoms with Gasteiger partial charge in [-0.1, -0.05) is 11.8 Å². The summed E-state index contributed by atoms with van der Waals surface area (Å²) >= 11 is 1.33. The highest BCUT2D eigenvalue weighted by atomic mass is 32.2. The Morgan fingerprint density at radius 2 is 2.22 bits per heavy atom. The first-order valence-corrected chi connectivity index (χ1v) is 6.25. The summed E-state index contributed by atoms with van der Waals surface area (Å²) in [4.78, 5) is 19.5. The highest BCUT2D eigenvalue weighted by Gasteiger charge is 2.17. The van der Waals surface area contributed by atoms with E-state index in [-0.39, 0.29) is 5.56 Å². The largest absolute Gasteiger partial charge is 0.478 e. The van der Waals surface area contributed by atoms with Crippen molar-refractivity contribution >= 4 is 17.7 Å². The van der Waals surface area contributed by atoms with E-state index in [1.807, 2.05) is 12.3 Å². The van der Waals surface area contributed by atoms with Crippen LogP contribution in [0.4, 0.5) is 0 Å². The van der Waals surface area contributed by atoms with Crippen LogP contribution in [0.5, 0.6) is 0 Å². The molecule has 6 nitrogen and oxygen atoms in total. The maximum atomic E-state index is 11.2. The molecule has 0 amide bonds. The summed E-state index contributed by atoms with van der Waals surface area (Å²) in [5.41, 5.74) is 0.649. The van der Waals surface area contributed by atoms with Gasteiger partial charge in [0.15, 0.2) is 0 Å². The molecule has 0 aromatic carbocycles. The topological polar surface area (TPSA) is 80.9 Å². The summed E-state index contributed by atoms with van der Waals surface area (Å²) < 4.78 is 1.71. The predicted molar refractivity (Wildman–Crippen MR) is 66.5 cm³/mol. The number of hydrogen-bond donors (Lipinski definition) is 1. The van der Waals surface area contributed by atoms with Gasteiger partial charge in [-0.3, -0.25) is 4.68 Å². The predicted octanol–water partition coefficient (Wildman–Crippen LogP) is 1.74. The molecule has 0 spiro atoms. The molecule has 2 heterocycles. The second-order valence-corrected chi connectivity index (χ2v) is 4.59. The molecular formula is C11H12N4O2S. The van der Waals surface area contributed by atoms with Crippen LogP contribution in [0.3, 0.4) is 0 Å². The average Bonchev–Trinajstić information content (AvgIpc) is 2.77. The third-order valence-electron chi connectivity index (χ3n) is 2.28. The minimum Gasteiger partial charge on any atom is -0.478 e. The Kier molecular flexibility index (Phi) is 3.61. The summed E-state index contributed by atoms with van der Waals surface area (Å²) in [6, 6.07) is 1.81. The molecule has 0 saturated carbocycles. The molecule has 0 atom stereocenters. The minimum atomic E-state index is -1.00. The fourth-order valence-corrected chi connectivity index (χ4v) is 2.52. The van der Waals surface area contributed by atoms with Gasteiger partial charge in [0.1, 0.15) is 16.4 Å². The zero-order valence-corrected chi connectivity index (χ0v) is 10.8. The Morgan fingerprint density at radius 3 is 2.83 bits per heavy atom. The molecule has 0 fully saturated rings. The van der Waals surface area contributed by atoms with E-state index in [4.69, 9.17) is 0 Å². The lowest BCUT2D eigenvalue weighted by Gasteiger charge is -2.08. The van der Waals surface area contributed by atoms with E-state index in [1.165, 1.54) is 11.8 Å². The molecule has 18 heavy (non-hydrogen) atoms. The lowest BCUT2D eigenvalue weighted by atomic mass is 10.2. The minimum absolute atomic E-state index is 0.165. The number of hydrogen-bond acceptors (Lipinski definition) is 5. The molecule has 1 N–H and O–H groups in total. The Hall–Kier alpha value is -1.89. The van der Waals surface area contributed by atoms with Crippen molar-refractivity contribution in [3.63, 3.8) is 0 Å². The Morgan fingerprint density at radius 1 is 1.44 bits per heavy atom. The molecule has 2 aromatic heterocycles. The number of nitrogens with zero attached hydrogens (tertiary/aromatic N) is 4. The standard InChI is InChI=1S/C11H12N4O2S/c1-7-9(11(16)17)10(14-8(2)13-7)18-6-15-5-3-4-12-15/h3-5H,6H2,1-2H3,(H,16,17). The van der Waals surface area contributed by atoms with Crippen molar-refractivity contribution in [3.05, 3.63) is 35.5 Å². The molecule has 7 heteroatoms. The Balaban J connectivity index is 2.28. The number of rotatable bonds is 4. The van der Waals surface area contributed by atoms with E-state index in [2.05, 4.69) is 15.1 Å². The zero-order valence-electron chi connectivity index (χ0n) is 9.99. The number of aromatic carboxylic acids is 1. The van der Waals surface area contributed by atoms with Crippen LogP contribution in [0, 0.1) is 13.8 Å². The van der Waals surface area contributed by atoms with Crippen molar-refractivity contribution in [3.8, 4) is 0 Å². The smallest absolute Gasteiger partial charge is 0.340 e. The lowest BCUT2D eigenvalue weighted by molar-refractivity contribution is 0.0690. The summed E-state index contributed by atoms with van der Waals surface area (Å²) in [5, 5.41) is 13.7. The van der Waals surface area contributed by atoms with E-state index in [1.54, 1.807) is 24.7 Å². The van der Waals surface area contributed by atoms with Gasteiger partial charge in [-0.2, -0.15) is 5.10 Å². The van der Waals surface area contributed by atoms with Crippen LogP contribution in [0.1, 0.15) is 21.9 Å². The third-order valence-corrected chi connectivity index (χ3v) is 3.24. The Labute approximate surface area is 108 Å². The number of thioether (sulfide) groups is 1. The van der Waals surface area contributed by atoms with Crippen LogP contribution in [0.15, 0.2) is 23.5 Å². The van der Waals surface area contributed by atoms with Gasteiger partial charge in [0.25, 0.3) is 0 Å². The highest BCUT2D eigenvalue weighted by Crippen LogP contribution is 2.23. The van der Waals surface area contributed by atoms with Crippen molar-refractivity contribution in [1.29, 1.82) is 0 Å². The molecule has 0 radical (unpaired) electrons. The molecule has 2 aromatic rings. The molecule has 2 rings (SSSR count). The summed E-state index contributed by atoms with van der Waals surface area (Å²) in [6.07, 6.45) is 3.49. The van der Waals surface area contributed by atoms with Gasteiger partial charge in [0, 0.05) is 12.4 Å². The lowest BCUT2D eigenvalue weighted by Crippen LogP contribution is -2.08. The summed E-state index contributed by atoms with van der Waals surface area (Å²) in [5.74, 6) is 0.0827. The van der Waals surface area contributed by atoms with Crippen LogP contribution < -0.4 is 0 Å². The van der Waals surface area contributed by atoms with Crippen molar-refractivity contribution in [1.82, 2.24) is 19.7 Å². The number of carbonyl (C=O) groups is 1. The van der Waals surface area contributed by atoms with Gasteiger partial charge in [-0.15, -0.1) is 0 Å². The van der Waals surface area contributed by atoms with Crippen molar-refractivity contribution in [2.75, 3.05) is 0 Å². The molecule has 94 valence electrons. The van der Waals surface area contributed by atoms with Crippen LogP contribution >= 0.6 is 11.8 Å². The van der Waals surface area contributed by atoms with Gasteiger partial charge in [0.05, 0.1) is 11.6 Å².